The van der Waals surface area contributed by atoms with E-state index in [0.717, 1.165) is 0 Å². The molecule has 0 spiro atoms. The van der Waals surface area contributed by atoms with E-state index in [-0.39, 0.29) is 23.4 Å². The summed E-state index contributed by atoms with van der Waals surface area (Å²) in [4.78, 5) is 15.3. The van der Waals surface area contributed by atoms with Crippen LogP contribution in [0.2, 0.25) is 5.15 Å². The number of carbonyl (C=O) groups excluding carboxylic acids is 1. The van der Waals surface area contributed by atoms with Crippen LogP contribution in [-0.2, 0) is 6.61 Å². The summed E-state index contributed by atoms with van der Waals surface area (Å²) in [7, 11) is 0. The molecule has 0 saturated heterocycles. The standard InChI is InChI=1S/C9H8ClN5O2/c1-5(16)6-2-3-7(10)11-9(6)17-4-8-12-14-15-13-8/h2-3H,4H2,1H3,(H,12,13,14,15). The van der Waals surface area contributed by atoms with Crippen LogP contribution in [0.3, 0.4) is 0 Å². The molecule has 0 amide bonds. The monoisotopic (exact) mass is 253 g/mol. The molecule has 2 aromatic heterocycles. The number of carbonyl (C=O) groups is 1. The fourth-order valence-corrected chi connectivity index (χ4v) is 1.31. The van der Waals surface area contributed by atoms with E-state index < -0.39 is 0 Å². The van der Waals surface area contributed by atoms with Crippen LogP contribution in [0.25, 0.3) is 0 Å². The Kier molecular flexibility index (Phi) is 3.29. The minimum absolute atomic E-state index is 0.0596. The number of aromatic amines is 1. The first kappa shape index (κ1) is 11.5. The molecule has 7 nitrogen and oxygen atoms in total. The van der Waals surface area contributed by atoms with Crippen molar-refractivity contribution in [3.05, 3.63) is 28.7 Å². The van der Waals surface area contributed by atoms with Gasteiger partial charge < -0.3 is 4.74 Å². The van der Waals surface area contributed by atoms with Crippen LogP contribution in [0, 0.1) is 0 Å². The lowest BCUT2D eigenvalue weighted by Crippen LogP contribution is -2.05. The second kappa shape index (κ2) is 4.88. The molecule has 0 unspecified atom stereocenters. The molecule has 1 N–H and O–H groups in total. The quantitative estimate of drug-likeness (QED) is 0.646. The summed E-state index contributed by atoms with van der Waals surface area (Å²) in [6, 6.07) is 3.09. The smallest absolute Gasteiger partial charge is 0.226 e. The first-order chi connectivity index (χ1) is 8.16. The predicted molar refractivity (Wildman–Crippen MR) is 57.8 cm³/mol. The van der Waals surface area contributed by atoms with Gasteiger partial charge in [0.15, 0.2) is 12.4 Å². The van der Waals surface area contributed by atoms with E-state index in [4.69, 9.17) is 16.3 Å². The maximum atomic E-state index is 11.3. The van der Waals surface area contributed by atoms with Crippen LogP contribution in [0.1, 0.15) is 23.1 Å². The van der Waals surface area contributed by atoms with E-state index in [0.29, 0.717) is 11.4 Å². The fraction of sp³-hybridized carbons (Fsp3) is 0.222. The first-order valence-electron chi connectivity index (χ1n) is 4.69. The van der Waals surface area contributed by atoms with E-state index in [1.165, 1.54) is 13.0 Å². The average Bonchev–Trinajstić information content (AvgIpc) is 2.78. The zero-order valence-electron chi connectivity index (χ0n) is 8.85. The summed E-state index contributed by atoms with van der Waals surface area (Å²) in [6.45, 7) is 1.48. The van der Waals surface area contributed by atoms with Gasteiger partial charge in [-0.2, -0.15) is 5.21 Å². The van der Waals surface area contributed by atoms with Crippen LogP contribution in [0.5, 0.6) is 5.88 Å². The van der Waals surface area contributed by atoms with Crippen LogP contribution < -0.4 is 4.74 Å². The lowest BCUT2D eigenvalue weighted by atomic mass is 10.2. The number of nitrogens with one attached hydrogen (secondary N) is 1. The molecule has 2 heterocycles. The molecular weight excluding hydrogens is 246 g/mol. The summed E-state index contributed by atoms with van der Waals surface area (Å²) >= 11 is 5.73. The Morgan fingerprint density at radius 1 is 1.53 bits per heavy atom. The summed E-state index contributed by atoms with van der Waals surface area (Å²) in [6.07, 6.45) is 0. The number of H-pyrrole nitrogens is 1. The minimum Gasteiger partial charge on any atom is -0.469 e. The Labute approximate surface area is 101 Å². The van der Waals surface area contributed by atoms with Gasteiger partial charge >= 0.3 is 0 Å². The number of nitrogens with zero attached hydrogens (tertiary/aromatic N) is 4. The van der Waals surface area contributed by atoms with E-state index in [9.17, 15) is 4.79 Å². The molecule has 0 saturated carbocycles. The molecule has 2 aromatic rings. The number of pyridine rings is 1. The Morgan fingerprint density at radius 2 is 2.35 bits per heavy atom. The average molecular weight is 254 g/mol. The van der Waals surface area contributed by atoms with E-state index in [1.54, 1.807) is 6.07 Å². The molecule has 0 bridgehead atoms. The highest BCUT2D eigenvalue weighted by molar-refractivity contribution is 6.29. The van der Waals surface area contributed by atoms with Crippen molar-refractivity contribution in [1.29, 1.82) is 0 Å². The number of Topliss-reactive ketones (excluding diaryl/α,β-unsaturated/α-hetero) is 1. The van der Waals surface area contributed by atoms with E-state index >= 15 is 0 Å². The topological polar surface area (TPSA) is 93.6 Å². The second-order valence-corrected chi connectivity index (χ2v) is 3.55. The third-order valence-electron chi connectivity index (χ3n) is 1.93. The highest BCUT2D eigenvalue weighted by Gasteiger charge is 2.12. The van der Waals surface area contributed by atoms with Gasteiger partial charge in [-0.3, -0.25) is 4.79 Å². The Hall–Kier alpha value is -2.02. The second-order valence-electron chi connectivity index (χ2n) is 3.16. The summed E-state index contributed by atoms with van der Waals surface area (Å²) in [5.41, 5.74) is 0.359. The van der Waals surface area contributed by atoms with Crippen LogP contribution in [0.15, 0.2) is 12.1 Å². The van der Waals surface area contributed by atoms with Gasteiger partial charge in [-0.1, -0.05) is 16.8 Å². The molecule has 0 aromatic carbocycles. The number of rotatable bonds is 4. The highest BCUT2D eigenvalue weighted by atomic mass is 35.5. The zero-order chi connectivity index (χ0) is 12.3. The number of aromatic nitrogens is 5. The van der Waals surface area contributed by atoms with Gasteiger partial charge in [-0.05, 0) is 19.1 Å². The molecule has 2 rings (SSSR count). The number of hydrogen-bond acceptors (Lipinski definition) is 6. The van der Waals surface area contributed by atoms with Gasteiger partial charge in [0, 0.05) is 0 Å². The van der Waals surface area contributed by atoms with Crippen LogP contribution in [0.4, 0.5) is 0 Å². The molecule has 0 aliphatic carbocycles. The fourth-order valence-electron chi connectivity index (χ4n) is 1.17. The van der Waals surface area contributed by atoms with E-state index in [2.05, 4.69) is 25.6 Å². The SMILES string of the molecule is CC(=O)c1ccc(Cl)nc1OCc1nn[nH]n1. The van der Waals surface area contributed by atoms with Crippen molar-refractivity contribution in [2.75, 3.05) is 0 Å². The number of hydrogen-bond donors (Lipinski definition) is 1. The Balaban J connectivity index is 2.19. The summed E-state index contributed by atoms with van der Waals surface area (Å²) in [5.74, 6) is 0.369. The Morgan fingerprint density at radius 3 is 3.00 bits per heavy atom. The number of halogens is 1. The molecule has 0 aliphatic heterocycles. The van der Waals surface area contributed by atoms with Gasteiger partial charge in [0.25, 0.3) is 0 Å². The zero-order valence-corrected chi connectivity index (χ0v) is 9.60. The predicted octanol–water partition coefficient (Wildman–Crippen LogP) is 1.03. The normalized spacial score (nSPS) is 10.2. The van der Waals surface area contributed by atoms with Gasteiger partial charge in [-0.25, -0.2) is 4.98 Å². The number of ketones is 1. The van der Waals surface area contributed by atoms with Gasteiger partial charge in [0.05, 0.1) is 5.56 Å². The van der Waals surface area contributed by atoms with Crippen molar-refractivity contribution >= 4 is 17.4 Å². The molecule has 17 heavy (non-hydrogen) atoms. The van der Waals surface area contributed by atoms with Gasteiger partial charge in [0.2, 0.25) is 11.7 Å². The van der Waals surface area contributed by atoms with Crippen LogP contribution >= 0.6 is 11.6 Å². The highest BCUT2D eigenvalue weighted by Crippen LogP contribution is 2.20. The lowest BCUT2D eigenvalue weighted by Gasteiger charge is -2.06. The molecule has 0 fully saturated rings. The van der Waals surface area contributed by atoms with Crippen molar-refractivity contribution in [1.82, 2.24) is 25.6 Å². The summed E-state index contributed by atoms with van der Waals surface area (Å²) < 4.78 is 5.32. The molecule has 0 aliphatic rings. The molecular formula is C9H8ClN5O2. The largest absolute Gasteiger partial charge is 0.469 e. The number of tetrazole rings is 1. The summed E-state index contributed by atoms with van der Waals surface area (Å²) in [5, 5.41) is 13.3. The third-order valence-corrected chi connectivity index (χ3v) is 2.14. The van der Waals surface area contributed by atoms with Crippen molar-refractivity contribution in [3.63, 3.8) is 0 Å². The van der Waals surface area contributed by atoms with Crippen molar-refractivity contribution in [2.24, 2.45) is 0 Å². The Bertz CT molecular complexity index is 528. The van der Waals surface area contributed by atoms with Crippen molar-refractivity contribution in [2.45, 2.75) is 13.5 Å². The third kappa shape index (κ3) is 2.76. The minimum atomic E-state index is -0.155. The van der Waals surface area contributed by atoms with Crippen LogP contribution in [-0.4, -0.2) is 31.4 Å². The first-order valence-corrected chi connectivity index (χ1v) is 5.07. The number of ether oxygens (including phenoxy) is 1. The molecule has 0 atom stereocenters. The maximum Gasteiger partial charge on any atom is 0.226 e. The van der Waals surface area contributed by atoms with E-state index in [1.807, 2.05) is 0 Å². The van der Waals surface area contributed by atoms with Crippen molar-refractivity contribution in [3.8, 4) is 5.88 Å². The molecule has 88 valence electrons. The lowest BCUT2D eigenvalue weighted by molar-refractivity contribution is 0.101. The van der Waals surface area contributed by atoms with Gasteiger partial charge in [-0.15, -0.1) is 10.2 Å². The molecule has 0 radical (unpaired) electrons. The molecule has 8 heteroatoms. The maximum absolute atomic E-state index is 11.3. The van der Waals surface area contributed by atoms with Gasteiger partial charge in [0.1, 0.15) is 5.15 Å². The van der Waals surface area contributed by atoms with Crippen molar-refractivity contribution < 1.29 is 9.53 Å².